The summed E-state index contributed by atoms with van der Waals surface area (Å²) in [6.45, 7) is 3.58. The molecule has 21 heavy (non-hydrogen) atoms. The molecule has 0 fully saturated rings. The first-order valence-corrected chi connectivity index (χ1v) is 7.54. The van der Waals surface area contributed by atoms with Gasteiger partial charge in [0.25, 0.3) is 5.56 Å². The molecule has 0 aliphatic heterocycles. The lowest BCUT2D eigenvalue weighted by molar-refractivity contribution is 0.101. The summed E-state index contributed by atoms with van der Waals surface area (Å²) in [6, 6.07) is 8.99. The second kappa shape index (κ2) is 5.26. The molecule has 0 radical (unpaired) electrons. The van der Waals surface area contributed by atoms with E-state index < -0.39 is 0 Å². The van der Waals surface area contributed by atoms with Gasteiger partial charge >= 0.3 is 0 Å². The molecule has 0 atom stereocenters. The lowest BCUT2D eigenvalue weighted by Gasteiger charge is -2.02. The zero-order chi connectivity index (χ0) is 15.0. The van der Waals surface area contributed by atoms with E-state index in [1.807, 2.05) is 6.07 Å². The second-order valence-electron chi connectivity index (χ2n) is 4.83. The summed E-state index contributed by atoms with van der Waals surface area (Å²) in [4.78, 5) is 32.7. The van der Waals surface area contributed by atoms with Gasteiger partial charge in [0.15, 0.2) is 5.78 Å². The molecule has 0 aliphatic carbocycles. The van der Waals surface area contributed by atoms with Crippen LogP contribution in [-0.4, -0.2) is 15.8 Å². The Balaban J connectivity index is 2.11. The molecule has 3 rings (SSSR count). The molecule has 1 N–H and O–H groups in total. The van der Waals surface area contributed by atoms with Crippen molar-refractivity contribution in [1.82, 2.24) is 9.97 Å². The standard InChI is InChI=1S/C16H14N2O2S/c1-3-12-8-13-15(20)17-14(18-16(13)21-12)11-6-4-10(5-7-11)9(2)19/h4-8H,3H2,1-2H3,(H,17,18,20). The summed E-state index contributed by atoms with van der Waals surface area (Å²) in [5.41, 5.74) is 1.32. The molecule has 0 saturated carbocycles. The van der Waals surface area contributed by atoms with Gasteiger partial charge in [-0.3, -0.25) is 9.59 Å². The van der Waals surface area contributed by atoms with Crippen molar-refractivity contribution in [1.29, 1.82) is 0 Å². The monoisotopic (exact) mass is 298 g/mol. The number of hydrogen-bond donors (Lipinski definition) is 1. The van der Waals surface area contributed by atoms with E-state index in [-0.39, 0.29) is 11.3 Å². The Morgan fingerprint density at radius 1 is 1.29 bits per heavy atom. The van der Waals surface area contributed by atoms with Gasteiger partial charge in [-0.2, -0.15) is 0 Å². The minimum atomic E-state index is -0.124. The summed E-state index contributed by atoms with van der Waals surface area (Å²) in [7, 11) is 0. The Labute approximate surface area is 125 Å². The number of hydrogen-bond acceptors (Lipinski definition) is 4. The van der Waals surface area contributed by atoms with Crippen LogP contribution < -0.4 is 5.56 Å². The molecule has 5 heteroatoms. The van der Waals surface area contributed by atoms with Crippen molar-refractivity contribution in [3.05, 3.63) is 51.1 Å². The van der Waals surface area contributed by atoms with Crippen LogP contribution in [0.1, 0.15) is 29.1 Å². The Kier molecular flexibility index (Phi) is 3.43. The first-order chi connectivity index (χ1) is 10.1. The molecule has 0 aliphatic rings. The van der Waals surface area contributed by atoms with Crippen LogP contribution in [0.5, 0.6) is 0 Å². The molecule has 106 valence electrons. The van der Waals surface area contributed by atoms with E-state index in [4.69, 9.17) is 0 Å². The smallest absolute Gasteiger partial charge is 0.259 e. The van der Waals surface area contributed by atoms with Gasteiger partial charge in [-0.05, 0) is 19.4 Å². The molecule has 0 spiro atoms. The number of rotatable bonds is 3. The van der Waals surface area contributed by atoms with E-state index in [0.717, 1.165) is 21.7 Å². The summed E-state index contributed by atoms with van der Waals surface area (Å²) < 4.78 is 0. The second-order valence-corrected chi connectivity index (χ2v) is 5.95. The highest BCUT2D eigenvalue weighted by Crippen LogP contribution is 2.24. The Morgan fingerprint density at radius 2 is 2.00 bits per heavy atom. The molecule has 0 amide bonds. The molecule has 4 nitrogen and oxygen atoms in total. The number of ketones is 1. The van der Waals surface area contributed by atoms with Crippen LogP contribution in [0.25, 0.3) is 21.6 Å². The molecule has 2 aromatic heterocycles. The maximum atomic E-state index is 12.1. The number of thiophene rings is 1. The van der Waals surface area contributed by atoms with E-state index >= 15 is 0 Å². The number of carbonyl (C=O) groups excluding carboxylic acids is 1. The van der Waals surface area contributed by atoms with E-state index in [1.165, 1.54) is 6.92 Å². The van der Waals surface area contributed by atoms with Gasteiger partial charge in [0.1, 0.15) is 10.7 Å². The number of carbonyl (C=O) groups is 1. The average molecular weight is 298 g/mol. The molecular weight excluding hydrogens is 284 g/mol. The lowest BCUT2D eigenvalue weighted by Crippen LogP contribution is -2.08. The van der Waals surface area contributed by atoms with Crippen molar-refractivity contribution < 1.29 is 4.79 Å². The van der Waals surface area contributed by atoms with Crippen molar-refractivity contribution in [2.75, 3.05) is 0 Å². The molecule has 3 aromatic rings. The fourth-order valence-electron chi connectivity index (χ4n) is 2.16. The van der Waals surface area contributed by atoms with Crippen molar-refractivity contribution in [3.8, 4) is 11.4 Å². The summed E-state index contributed by atoms with van der Waals surface area (Å²) in [5, 5.41) is 0.640. The largest absolute Gasteiger partial charge is 0.306 e. The first kappa shape index (κ1) is 13.7. The predicted octanol–water partition coefficient (Wildman–Crippen LogP) is 3.42. The summed E-state index contributed by atoms with van der Waals surface area (Å²) in [6.07, 6.45) is 0.892. The highest BCUT2D eigenvalue weighted by molar-refractivity contribution is 7.18. The third kappa shape index (κ3) is 2.52. The van der Waals surface area contributed by atoms with Gasteiger partial charge in [0.05, 0.1) is 5.39 Å². The first-order valence-electron chi connectivity index (χ1n) is 6.72. The SMILES string of the molecule is CCc1cc2c(=O)[nH]c(-c3ccc(C(C)=O)cc3)nc2s1. The molecule has 1 aromatic carbocycles. The van der Waals surface area contributed by atoms with Crippen molar-refractivity contribution in [2.24, 2.45) is 0 Å². The number of nitrogens with one attached hydrogen (secondary N) is 1. The van der Waals surface area contributed by atoms with Crippen molar-refractivity contribution in [3.63, 3.8) is 0 Å². The predicted molar refractivity (Wildman–Crippen MR) is 85.1 cm³/mol. The number of fused-ring (bicyclic) bond motifs is 1. The van der Waals surface area contributed by atoms with Gasteiger partial charge in [0.2, 0.25) is 0 Å². The highest BCUT2D eigenvalue weighted by Gasteiger charge is 2.09. The Bertz CT molecular complexity index is 875. The van der Waals surface area contributed by atoms with Gasteiger partial charge < -0.3 is 4.98 Å². The average Bonchev–Trinajstić information content (AvgIpc) is 2.91. The summed E-state index contributed by atoms with van der Waals surface area (Å²) >= 11 is 1.54. The van der Waals surface area contributed by atoms with E-state index in [0.29, 0.717) is 16.8 Å². The molecule has 2 heterocycles. The van der Waals surface area contributed by atoms with Gasteiger partial charge in [0, 0.05) is 16.0 Å². The number of aromatic amines is 1. The Hall–Kier alpha value is -2.27. The topological polar surface area (TPSA) is 62.8 Å². The number of aromatic nitrogens is 2. The fraction of sp³-hybridized carbons (Fsp3) is 0.188. The number of benzene rings is 1. The van der Waals surface area contributed by atoms with Gasteiger partial charge in [-0.25, -0.2) is 4.98 Å². The molecule has 0 unspecified atom stereocenters. The lowest BCUT2D eigenvalue weighted by atomic mass is 10.1. The van der Waals surface area contributed by atoms with Crippen LogP contribution in [0.4, 0.5) is 0 Å². The van der Waals surface area contributed by atoms with Crippen LogP contribution in [0.15, 0.2) is 35.1 Å². The third-order valence-electron chi connectivity index (χ3n) is 3.37. The van der Waals surface area contributed by atoms with Gasteiger partial charge in [-0.1, -0.05) is 31.2 Å². The van der Waals surface area contributed by atoms with Gasteiger partial charge in [-0.15, -0.1) is 11.3 Å². The minimum absolute atomic E-state index is 0.0179. The maximum absolute atomic E-state index is 12.1. The molecule has 0 bridgehead atoms. The molecular formula is C16H14N2O2S. The zero-order valence-electron chi connectivity index (χ0n) is 11.8. The number of H-pyrrole nitrogens is 1. The van der Waals surface area contributed by atoms with Crippen LogP contribution in [-0.2, 0) is 6.42 Å². The highest BCUT2D eigenvalue weighted by atomic mass is 32.1. The quantitative estimate of drug-likeness (QED) is 0.754. The van der Waals surface area contributed by atoms with Crippen LogP contribution in [0.3, 0.4) is 0 Å². The number of Topliss-reactive ketones (excluding diaryl/α,β-unsaturated/α-hetero) is 1. The van der Waals surface area contributed by atoms with Crippen LogP contribution in [0.2, 0.25) is 0 Å². The number of aryl methyl sites for hydroxylation is 1. The molecule has 0 saturated heterocycles. The third-order valence-corrected chi connectivity index (χ3v) is 4.54. The summed E-state index contributed by atoms with van der Waals surface area (Å²) in [5.74, 6) is 0.552. The minimum Gasteiger partial charge on any atom is -0.306 e. The van der Waals surface area contributed by atoms with E-state index in [9.17, 15) is 9.59 Å². The van der Waals surface area contributed by atoms with E-state index in [1.54, 1.807) is 35.6 Å². The Morgan fingerprint density at radius 3 is 2.62 bits per heavy atom. The van der Waals surface area contributed by atoms with Crippen LogP contribution in [0, 0.1) is 0 Å². The van der Waals surface area contributed by atoms with Crippen molar-refractivity contribution in [2.45, 2.75) is 20.3 Å². The maximum Gasteiger partial charge on any atom is 0.259 e. The van der Waals surface area contributed by atoms with Crippen LogP contribution >= 0.6 is 11.3 Å². The zero-order valence-corrected chi connectivity index (χ0v) is 12.6. The van der Waals surface area contributed by atoms with E-state index in [2.05, 4.69) is 16.9 Å². The van der Waals surface area contributed by atoms with Crippen molar-refractivity contribution >= 4 is 27.3 Å². The normalized spacial score (nSPS) is 11.0. The number of nitrogens with zero attached hydrogens (tertiary/aromatic N) is 1. The fourth-order valence-corrected chi connectivity index (χ4v) is 3.12.